The van der Waals surface area contributed by atoms with E-state index in [1.165, 1.54) is 36.1 Å². The van der Waals surface area contributed by atoms with Gasteiger partial charge in [-0.25, -0.2) is 10.2 Å². The Bertz CT molecular complexity index is 1280. The van der Waals surface area contributed by atoms with Crippen LogP contribution in [-0.2, 0) is 4.79 Å². The molecule has 1 heterocycles. The van der Waals surface area contributed by atoms with E-state index in [9.17, 15) is 24.3 Å². The number of hydroxylamine groups is 1. The molecule has 4 N–H and O–H groups in total. The summed E-state index contributed by atoms with van der Waals surface area (Å²) < 4.78 is 20.2. The summed E-state index contributed by atoms with van der Waals surface area (Å²) in [5, 5.41) is 26.9. The van der Waals surface area contributed by atoms with Gasteiger partial charge < -0.3 is 15.2 Å². The largest absolute Gasteiger partial charge is 0.507 e. The van der Waals surface area contributed by atoms with Crippen LogP contribution in [0.4, 0.5) is 4.39 Å². The second-order valence-electron chi connectivity index (χ2n) is 8.32. The molecule has 0 saturated heterocycles. The quantitative estimate of drug-likeness (QED) is 0.273. The van der Waals surface area contributed by atoms with Crippen molar-refractivity contribution in [3.63, 3.8) is 0 Å². The van der Waals surface area contributed by atoms with Crippen molar-refractivity contribution in [3.8, 4) is 22.8 Å². The van der Waals surface area contributed by atoms with Gasteiger partial charge in [-0.2, -0.15) is 9.49 Å². The van der Waals surface area contributed by atoms with Crippen molar-refractivity contribution in [1.82, 2.24) is 20.6 Å². The predicted octanol–water partition coefficient (Wildman–Crippen LogP) is 3.47. The molecule has 0 spiro atoms. The van der Waals surface area contributed by atoms with E-state index in [0.29, 0.717) is 5.75 Å². The Labute approximate surface area is 200 Å². The number of aromatic nitrogens is 2. The Kier molecular flexibility index (Phi) is 7.17. The third kappa shape index (κ3) is 5.05. The number of aromatic hydroxyl groups is 1. The summed E-state index contributed by atoms with van der Waals surface area (Å²) in [4.78, 5) is 25.6. The van der Waals surface area contributed by atoms with Crippen molar-refractivity contribution in [3.05, 3.63) is 59.4 Å². The van der Waals surface area contributed by atoms with Gasteiger partial charge in [-0.05, 0) is 60.6 Å². The number of carbonyl (C=O) groups is 2. The molecule has 2 aromatic rings. The number of phenolic OH excluding ortho intramolecular Hbond substituents is 1. The maximum absolute atomic E-state index is 13.5. The molecule has 0 radical (unpaired) electrons. The van der Waals surface area contributed by atoms with E-state index < -0.39 is 23.7 Å². The average Bonchev–Trinajstić information content (AvgIpc) is 3.32. The number of nitrogens with one attached hydrogen (secondary N) is 2. The molecule has 10 heteroatoms. The number of hydrogen-bond donors (Lipinski definition) is 4. The molecule has 0 bridgehead atoms. The Hall–Kier alpha value is -4.10. The lowest BCUT2D eigenvalue weighted by molar-refractivity contribution is -0.132. The van der Waals surface area contributed by atoms with Gasteiger partial charge in [0, 0.05) is 0 Å². The van der Waals surface area contributed by atoms with Crippen LogP contribution in [0.2, 0.25) is 0 Å². The van der Waals surface area contributed by atoms with E-state index in [2.05, 4.69) is 21.9 Å². The monoisotopic (exact) mass is 480 g/mol. The fourth-order valence-corrected chi connectivity index (χ4v) is 4.43. The molecule has 1 aromatic heterocycles. The molecule has 9 nitrogen and oxygen atoms in total. The number of carbonyl (C=O) groups excluding carboxylic acids is 2. The maximum atomic E-state index is 13.5. The zero-order valence-electron chi connectivity index (χ0n) is 19.0. The molecule has 1 atom stereocenters. The third-order valence-electron chi connectivity index (χ3n) is 6.15. The topological polar surface area (TPSA) is 126 Å². The van der Waals surface area contributed by atoms with Crippen LogP contribution in [0.1, 0.15) is 42.6 Å². The van der Waals surface area contributed by atoms with Crippen LogP contribution < -0.4 is 15.5 Å². The van der Waals surface area contributed by atoms with E-state index in [4.69, 9.17) is 4.74 Å². The minimum atomic E-state index is -0.938. The molecule has 2 aliphatic carbocycles. The van der Waals surface area contributed by atoms with Gasteiger partial charge in [-0.15, -0.1) is 0 Å². The van der Waals surface area contributed by atoms with Gasteiger partial charge >= 0.3 is 0 Å². The van der Waals surface area contributed by atoms with E-state index in [1.54, 1.807) is 17.6 Å². The van der Waals surface area contributed by atoms with Gasteiger partial charge in [0.25, 0.3) is 11.8 Å². The second-order valence-corrected chi connectivity index (χ2v) is 8.32. The van der Waals surface area contributed by atoms with Crippen LogP contribution >= 0.6 is 0 Å². The minimum Gasteiger partial charge on any atom is -0.507 e. The number of ether oxygens (including phenoxy) is 1. The highest BCUT2D eigenvalue weighted by molar-refractivity contribution is 5.97. The zero-order chi connectivity index (χ0) is 24.9. The fraction of sp³-hybridized carbons (Fsp3) is 0.320. The number of allylic oxidation sites excluding steroid dienone is 4. The number of rotatable bonds is 7. The van der Waals surface area contributed by atoms with Gasteiger partial charge in [0.1, 0.15) is 23.2 Å². The summed E-state index contributed by atoms with van der Waals surface area (Å²) >= 11 is 0. The molecule has 1 unspecified atom stereocenters. The highest BCUT2D eigenvalue weighted by atomic mass is 19.1. The second kappa shape index (κ2) is 10.4. The number of halogens is 1. The molecule has 182 valence electrons. The molecule has 1 aromatic carbocycles. The third-order valence-corrected chi connectivity index (χ3v) is 6.15. The van der Waals surface area contributed by atoms with E-state index in [1.807, 2.05) is 0 Å². The van der Waals surface area contributed by atoms with Crippen LogP contribution in [0.5, 0.6) is 11.5 Å². The molecule has 2 aliphatic rings. The molecule has 2 amide bonds. The molecular weight excluding hydrogens is 455 g/mol. The summed E-state index contributed by atoms with van der Waals surface area (Å²) in [6.07, 6.45) is 6.97. The standard InChI is InChI=1S/C25H25FN4O5/c1-35-21-9-5-8-20(31)22(21)19-14-18(28-30(19)17-12-10-16(26)11-13-17)24(32)27-23(25(33)29-34)15-6-3-2-4-7-15/h5,8-10,12,14-15,23,31,34H,2-4,6-7H2,1H3,(H,27,32)(H,29,33). The predicted molar refractivity (Wildman–Crippen MR) is 124 cm³/mol. The van der Waals surface area contributed by atoms with Crippen molar-refractivity contribution in [2.24, 2.45) is 5.92 Å². The smallest absolute Gasteiger partial charge is 0.272 e. The molecule has 4 rings (SSSR count). The molecule has 1 fully saturated rings. The van der Waals surface area contributed by atoms with Gasteiger partial charge in [0.15, 0.2) is 11.5 Å². The molecule has 0 aliphatic heterocycles. The lowest BCUT2D eigenvalue weighted by Crippen LogP contribution is -2.50. The summed E-state index contributed by atoms with van der Waals surface area (Å²) in [6, 6.07) is 5.19. The number of amides is 2. The van der Waals surface area contributed by atoms with E-state index in [-0.39, 0.29) is 34.3 Å². The number of phenols is 1. The summed E-state index contributed by atoms with van der Waals surface area (Å²) in [5.74, 6) is -1.89. The van der Waals surface area contributed by atoms with Crippen molar-refractivity contribution >= 4 is 17.5 Å². The first kappa shape index (κ1) is 24.0. The van der Waals surface area contributed by atoms with Crippen LogP contribution in [0.25, 0.3) is 17.0 Å². The van der Waals surface area contributed by atoms with E-state index in [0.717, 1.165) is 32.1 Å². The fourth-order valence-electron chi connectivity index (χ4n) is 4.43. The summed E-state index contributed by atoms with van der Waals surface area (Å²) in [6.45, 7) is 0. The maximum Gasteiger partial charge on any atom is 0.272 e. The van der Waals surface area contributed by atoms with Crippen LogP contribution in [0, 0.1) is 5.92 Å². The van der Waals surface area contributed by atoms with Crippen molar-refractivity contribution in [2.75, 3.05) is 7.11 Å². The van der Waals surface area contributed by atoms with Crippen molar-refractivity contribution in [2.45, 2.75) is 38.1 Å². The molecular formula is C25H25FN4O5. The first-order valence-corrected chi connectivity index (χ1v) is 11.2. The number of hydrogen-bond acceptors (Lipinski definition) is 6. The molecule has 35 heavy (non-hydrogen) atoms. The highest BCUT2D eigenvalue weighted by Crippen LogP contribution is 2.39. The van der Waals surface area contributed by atoms with Gasteiger partial charge in [-0.1, -0.05) is 25.3 Å². The Morgan fingerprint density at radius 2 is 2.00 bits per heavy atom. The first-order chi connectivity index (χ1) is 16.9. The van der Waals surface area contributed by atoms with Crippen molar-refractivity contribution < 1.29 is 29.0 Å². The number of benzene rings is 1. The highest BCUT2D eigenvalue weighted by Gasteiger charge is 2.32. The van der Waals surface area contributed by atoms with Crippen LogP contribution in [-0.4, -0.2) is 45.1 Å². The summed E-state index contributed by atoms with van der Waals surface area (Å²) in [5.41, 5.74) is 7.36. The van der Waals surface area contributed by atoms with E-state index >= 15 is 0 Å². The summed E-state index contributed by atoms with van der Waals surface area (Å²) in [7, 11) is 1.44. The Morgan fingerprint density at radius 3 is 2.66 bits per heavy atom. The lowest BCUT2D eigenvalue weighted by atomic mass is 9.83. The molecule has 1 saturated carbocycles. The van der Waals surface area contributed by atoms with Gasteiger partial charge in [-0.3, -0.25) is 14.8 Å². The normalized spacial score (nSPS) is 16.3. The first-order valence-electron chi connectivity index (χ1n) is 11.2. The lowest BCUT2D eigenvalue weighted by Gasteiger charge is -2.29. The Morgan fingerprint density at radius 1 is 1.23 bits per heavy atom. The van der Waals surface area contributed by atoms with Crippen molar-refractivity contribution in [1.29, 1.82) is 0 Å². The van der Waals surface area contributed by atoms with Crippen LogP contribution in [0.3, 0.4) is 0 Å². The van der Waals surface area contributed by atoms with Gasteiger partial charge in [0.2, 0.25) is 0 Å². The van der Waals surface area contributed by atoms with Gasteiger partial charge in [0.05, 0.1) is 18.4 Å². The minimum absolute atomic E-state index is 0.0606. The number of nitrogens with zero attached hydrogens (tertiary/aromatic N) is 2. The Balaban J connectivity index is 1.77. The SMILES string of the molecule is COc1cccc(O)c1-c1cc(C(=O)NC(C(=O)NO)C2CCCCC2)nn1C1=C=C=C(F)C=C1. The number of methoxy groups -OCH3 is 1. The average molecular weight is 480 g/mol. The van der Waals surface area contributed by atoms with Crippen LogP contribution in [0.15, 0.2) is 53.7 Å². The zero-order valence-corrected chi connectivity index (χ0v) is 19.0.